The number of aromatic nitrogens is 2. The topological polar surface area (TPSA) is 89.0 Å². The van der Waals surface area contributed by atoms with Crippen molar-refractivity contribution in [2.45, 2.75) is 0 Å². The first-order valence-electron chi connectivity index (χ1n) is 8.98. The third kappa shape index (κ3) is 4.37. The molecule has 0 N–H and O–H groups in total. The molecule has 7 heteroatoms. The van der Waals surface area contributed by atoms with Gasteiger partial charge in [-0.05, 0) is 60.7 Å². The summed E-state index contributed by atoms with van der Waals surface area (Å²) in [6.45, 7) is -0.103. The maximum Gasteiger partial charge on any atom is 0.258 e. The average molecular weight is 416 g/mol. The van der Waals surface area contributed by atoms with Gasteiger partial charge in [-0.15, -0.1) is 0 Å². The maximum absolute atomic E-state index is 12.3. The first kappa shape index (κ1) is 19.4. The molecule has 0 bridgehead atoms. The van der Waals surface area contributed by atoms with E-state index >= 15 is 0 Å². The molecule has 3 aromatic carbocycles. The summed E-state index contributed by atoms with van der Waals surface area (Å²) in [5, 5.41) is 13.5. The van der Waals surface area contributed by atoms with Gasteiger partial charge in [0.1, 0.15) is 5.75 Å². The van der Waals surface area contributed by atoms with E-state index < -0.39 is 0 Å². The molecule has 4 aromatic rings. The number of ether oxygens (including phenoxy) is 1. The summed E-state index contributed by atoms with van der Waals surface area (Å²) >= 11 is 5.84. The Bertz CT molecular complexity index is 1230. The van der Waals surface area contributed by atoms with Gasteiger partial charge in [-0.1, -0.05) is 28.9 Å². The number of ketones is 1. The molecule has 146 valence electrons. The van der Waals surface area contributed by atoms with Crippen LogP contribution in [0.25, 0.3) is 22.8 Å². The van der Waals surface area contributed by atoms with Crippen molar-refractivity contribution in [3.05, 3.63) is 88.9 Å². The van der Waals surface area contributed by atoms with Crippen LogP contribution >= 0.6 is 11.6 Å². The van der Waals surface area contributed by atoms with Crippen LogP contribution in [0.2, 0.25) is 5.02 Å². The largest absolute Gasteiger partial charge is 0.485 e. The Morgan fingerprint density at radius 1 is 1.03 bits per heavy atom. The molecular formula is C23H14ClN3O3. The molecule has 0 radical (unpaired) electrons. The summed E-state index contributed by atoms with van der Waals surface area (Å²) in [7, 11) is 0. The van der Waals surface area contributed by atoms with E-state index in [2.05, 4.69) is 16.2 Å². The van der Waals surface area contributed by atoms with E-state index in [1.807, 2.05) is 6.07 Å². The van der Waals surface area contributed by atoms with Crippen LogP contribution in [0.4, 0.5) is 0 Å². The molecule has 1 aromatic heterocycles. The fourth-order valence-electron chi connectivity index (χ4n) is 2.74. The van der Waals surface area contributed by atoms with Gasteiger partial charge in [0.25, 0.3) is 5.89 Å². The quantitative estimate of drug-likeness (QED) is 0.402. The Labute approximate surface area is 177 Å². The third-order valence-electron chi connectivity index (χ3n) is 4.32. The molecule has 0 aliphatic heterocycles. The normalized spacial score (nSPS) is 10.4. The average Bonchev–Trinajstić information content (AvgIpc) is 3.29. The summed E-state index contributed by atoms with van der Waals surface area (Å²) in [6, 6.07) is 22.7. The third-order valence-corrected chi connectivity index (χ3v) is 4.57. The number of Topliss-reactive ketones (excluding diaryl/α,β-unsaturated/α-hetero) is 1. The second-order valence-electron chi connectivity index (χ2n) is 6.36. The number of nitriles is 1. The van der Waals surface area contributed by atoms with Crippen molar-refractivity contribution < 1.29 is 14.1 Å². The molecule has 0 fully saturated rings. The zero-order valence-electron chi connectivity index (χ0n) is 15.6. The number of hydrogen-bond acceptors (Lipinski definition) is 6. The predicted molar refractivity (Wildman–Crippen MR) is 111 cm³/mol. The lowest BCUT2D eigenvalue weighted by molar-refractivity contribution is 0.0921. The Hall–Kier alpha value is -3.95. The lowest BCUT2D eigenvalue weighted by Gasteiger charge is -2.06. The highest BCUT2D eigenvalue weighted by Gasteiger charge is 2.12. The van der Waals surface area contributed by atoms with Gasteiger partial charge in [-0.2, -0.15) is 10.2 Å². The van der Waals surface area contributed by atoms with Crippen molar-refractivity contribution in [3.8, 4) is 34.7 Å². The molecule has 1 heterocycles. The van der Waals surface area contributed by atoms with Crippen LogP contribution in [-0.4, -0.2) is 22.5 Å². The molecular weight excluding hydrogens is 402 g/mol. The van der Waals surface area contributed by atoms with Gasteiger partial charge in [-0.25, -0.2) is 0 Å². The zero-order chi connectivity index (χ0) is 20.9. The van der Waals surface area contributed by atoms with E-state index in [-0.39, 0.29) is 12.4 Å². The first-order valence-corrected chi connectivity index (χ1v) is 9.36. The van der Waals surface area contributed by atoms with E-state index in [0.717, 1.165) is 0 Å². The van der Waals surface area contributed by atoms with Gasteiger partial charge in [0.2, 0.25) is 5.82 Å². The molecule has 0 spiro atoms. The number of carbonyl (C=O) groups is 1. The van der Waals surface area contributed by atoms with Gasteiger partial charge < -0.3 is 9.26 Å². The highest BCUT2D eigenvalue weighted by Crippen LogP contribution is 2.25. The Balaban J connectivity index is 1.47. The van der Waals surface area contributed by atoms with Crippen molar-refractivity contribution >= 4 is 17.4 Å². The summed E-state index contributed by atoms with van der Waals surface area (Å²) in [5.41, 5.74) is 2.49. The minimum Gasteiger partial charge on any atom is -0.485 e. The number of carbonyl (C=O) groups excluding carboxylic acids is 1. The van der Waals surface area contributed by atoms with Gasteiger partial charge >= 0.3 is 0 Å². The predicted octanol–water partition coefficient (Wildman–Crippen LogP) is 5.19. The van der Waals surface area contributed by atoms with E-state index in [4.69, 9.17) is 26.1 Å². The number of hydrogen-bond donors (Lipinski definition) is 0. The van der Waals surface area contributed by atoms with E-state index in [0.29, 0.717) is 44.7 Å². The van der Waals surface area contributed by atoms with Gasteiger partial charge in [0, 0.05) is 21.7 Å². The van der Waals surface area contributed by atoms with Crippen LogP contribution < -0.4 is 4.74 Å². The van der Waals surface area contributed by atoms with Crippen molar-refractivity contribution in [2.75, 3.05) is 6.61 Å². The Morgan fingerprint density at radius 2 is 1.80 bits per heavy atom. The number of nitrogens with zero attached hydrogens (tertiary/aromatic N) is 3. The lowest BCUT2D eigenvalue weighted by Crippen LogP contribution is -2.11. The minimum atomic E-state index is -0.153. The molecule has 0 saturated carbocycles. The number of rotatable bonds is 6. The second-order valence-corrected chi connectivity index (χ2v) is 6.80. The molecule has 30 heavy (non-hydrogen) atoms. The minimum absolute atomic E-state index is 0.103. The van der Waals surface area contributed by atoms with Crippen molar-refractivity contribution in [1.29, 1.82) is 5.26 Å². The standard InChI is InChI=1S/C23H14ClN3O3/c24-19-10-8-16(9-11-19)21(28)14-29-20-3-1-2-18(12-20)22-26-23(30-27-22)17-6-4-15(13-25)5-7-17/h1-12H,14H2. The smallest absolute Gasteiger partial charge is 0.258 e. The molecule has 4 rings (SSSR count). The molecule has 0 aliphatic rings. The van der Waals surface area contributed by atoms with Crippen LogP contribution in [0.15, 0.2) is 77.3 Å². The molecule has 0 amide bonds. The number of benzene rings is 3. The zero-order valence-corrected chi connectivity index (χ0v) is 16.3. The van der Waals surface area contributed by atoms with Gasteiger partial charge in [0.15, 0.2) is 12.4 Å². The fourth-order valence-corrected chi connectivity index (χ4v) is 2.86. The molecule has 0 saturated heterocycles. The highest BCUT2D eigenvalue weighted by molar-refractivity contribution is 6.30. The fraction of sp³-hybridized carbons (Fsp3) is 0.0435. The van der Waals surface area contributed by atoms with E-state index in [9.17, 15) is 4.79 Å². The van der Waals surface area contributed by atoms with Crippen LogP contribution in [-0.2, 0) is 0 Å². The maximum atomic E-state index is 12.3. The van der Waals surface area contributed by atoms with Crippen molar-refractivity contribution in [2.24, 2.45) is 0 Å². The number of halogens is 1. The van der Waals surface area contributed by atoms with Gasteiger partial charge in [0.05, 0.1) is 11.6 Å². The van der Waals surface area contributed by atoms with E-state index in [1.165, 1.54) is 0 Å². The summed E-state index contributed by atoms with van der Waals surface area (Å²) in [6.07, 6.45) is 0. The molecule has 0 atom stereocenters. The molecule has 6 nitrogen and oxygen atoms in total. The van der Waals surface area contributed by atoms with Gasteiger partial charge in [-0.3, -0.25) is 4.79 Å². The van der Waals surface area contributed by atoms with Crippen LogP contribution in [0.5, 0.6) is 5.75 Å². The molecule has 0 aliphatic carbocycles. The monoisotopic (exact) mass is 415 g/mol. The molecule has 0 unspecified atom stereocenters. The summed E-state index contributed by atoms with van der Waals surface area (Å²) in [4.78, 5) is 16.7. The van der Waals surface area contributed by atoms with E-state index in [1.54, 1.807) is 66.7 Å². The second kappa shape index (κ2) is 8.60. The summed E-state index contributed by atoms with van der Waals surface area (Å²) in [5.74, 6) is 1.10. The van der Waals surface area contributed by atoms with Crippen LogP contribution in [0.1, 0.15) is 15.9 Å². The highest BCUT2D eigenvalue weighted by atomic mass is 35.5. The SMILES string of the molecule is N#Cc1ccc(-c2nc(-c3cccc(OCC(=O)c4ccc(Cl)cc4)c3)no2)cc1. The summed E-state index contributed by atoms with van der Waals surface area (Å²) < 4.78 is 11.0. The lowest BCUT2D eigenvalue weighted by atomic mass is 10.1. The van der Waals surface area contributed by atoms with Crippen molar-refractivity contribution in [1.82, 2.24) is 10.1 Å². The van der Waals surface area contributed by atoms with Crippen molar-refractivity contribution in [3.63, 3.8) is 0 Å². The van der Waals surface area contributed by atoms with Crippen LogP contribution in [0.3, 0.4) is 0 Å². The Kier molecular flexibility index (Phi) is 5.55. The first-order chi connectivity index (χ1) is 14.6. The Morgan fingerprint density at radius 3 is 2.53 bits per heavy atom. The van der Waals surface area contributed by atoms with Crippen LogP contribution in [0, 0.1) is 11.3 Å².